The topological polar surface area (TPSA) is 67.4 Å². The summed E-state index contributed by atoms with van der Waals surface area (Å²) >= 11 is 0. The maximum Gasteiger partial charge on any atom is 0.229 e. The highest BCUT2D eigenvalue weighted by Crippen LogP contribution is 2.15. The SMILES string of the molecule is CNCOc1ccc(NS(C)(=O)=O)cc1. The van der Waals surface area contributed by atoms with Crippen molar-refractivity contribution in [3.05, 3.63) is 24.3 Å². The Morgan fingerprint density at radius 1 is 1.27 bits per heavy atom. The molecule has 1 rings (SSSR count). The zero-order valence-electron chi connectivity index (χ0n) is 8.65. The quantitative estimate of drug-likeness (QED) is 0.727. The van der Waals surface area contributed by atoms with Gasteiger partial charge in [-0.1, -0.05) is 0 Å². The highest BCUT2D eigenvalue weighted by Gasteiger charge is 2.01. The van der Waals surface area contributed by atoms with Crippen molar-refractivity contribution < 1.29 is 13.2 Å². The number of anilines is 1. The average molecular weight is 230 g/mol. The normalized spacial score (nSPS) is 11.1. The maximum atomic E-state index is 10.9. The molecule has 0 saturated carbocycles. The van der Waals surface area contributed by atoms with Gasteiger partial charge in [0.2, 0.25) is 10.0 Å². The highest BCUT2D eigenvalue weighted by atomic mass is 32.2. The van der Waals surface area contributed by atoms with Gasteiger partial charge in [0.1, 0.15) is 12.5 Å². The molecule has 0 aliphatic rings. The summed E-state index contributed by atoms with van der Waals surface area (Å²) in [7, 11) is -1.43. The van der Waals surface area contributed by atoms with Gasteiger partial charge in [-0.25, -0.2) is 8.42 Å². The lowest BCUT2D eigenvalue weighted by molar-refractivity contribution is 0.296. The zero-order chi connectivity index (χ0) is 11.3. The van der Waals surface area contributed by atoms with E-state index in [2.05, 4.69) is 10.0 Å². The van der Waals surface area contributed by atoms with Gasteiger partial charge < -0.3 is 4.74 Å². The Morgan fingerprint density at radius 3 is 2.33 bits per heavy atom. The van der Waals surface area contributed by atoms with Crippen molar-refractivity contribution in [3.8, 4) is 5.75 Å². The van der Waals surface area contributed by atoms with Gasteiger partial charge in [-0.2, -0.15) is 0 Å². The summed E-state index contributed by atoms with van der Waals surface area (Å²) < 4.78 is 29.4. The largest absolute Gasteiger partial charge is 0.478 e. The second-order valence-corrected chi connectivity index (χ2v) is 4.79. The van der Waals surface area contributed by atoms with Crippen LogP contribution in [-0.2, 0) is 10.0 Å². The monoisotopic (exact) mass is 230 g/mol. The molecule has 0 atom stereocenters. The van der Waals surface area contributed by atoms with E-state index in [-0.39, 0.29) is 0 Å². The van der Waals surface area contributed by atoms with Crippen LogP contribution in [0.3, 0.4) is 0 Å². The minimum absolute atomic E-state index is 0.416. The molecule has 84 valence electrons. The molecule has 0 aliphatic carbocycles. The molecular formula is C9H14N2O3S. The van der Waals surface area contributed by atoms with Crippen LogP contribution in [0, 0.1) is 0 Å². The first kappa shape index (κ1) is 11.8. The van der Waals surface area contributed by atoms with Crippen LogP contribution in [0.5, 0.6) is 5.75 Å². The Balaban J connectivity index is 2.64. The number of ether oxygens (including phenoxy) is 1. The van der Waals surface area contributed by atoms with Crippen LogP contribution in [0.15, 0.2) is 24.3 Å². The molecule has 0 heterocycles. The molecule has 0 amide bonds. The Hall–Kier alpha value is -1.27. The minimum Gasteiger partial charge on any atom is -0.478 e. The molecule has 0 saturated heterocycles. The summed E-state index contributed by atoms with van der Waals surface area (Å²) in [6.45, 7) is 0.416. The van der Waals surface area contributed by atoms with Crippen molar-refractivity contribution in [2.75, 3.05) is 24.8 Å². The van der Waals surface area contributed by atoms with Crippen molar-refractivity contribution in [2.45, 2.75) is 0 Å². The van der Waals surface area contributed by atoms with E-state index in [4.69, 9.17) is 4.74 Å². The third-order valence-corrected chi connectivity index (χ3v) is 2.15. The molecule has 0 unspecified atom stereocenters. The predicted molar refractivity (Wildman–Crippen MR) is 59.5 cm³/mol. The summed E-state index contributed by atoms with van der Waals surface area (Å²) in [6, 6.07) is 6.69. The van der Waals surface area contributed by atoms with Crippen LogP contribution in [0.25, 0.3) is 0 Å². The first-order valence-corrected chi connectivity index (χ1v) is 6.25. The Morgan fingerprint density at radius 2 is 1.87 bits per heavy atom. The van der Waals surface area contributed by atoms with Gasteiger partial charge >= 0.3 is 0 Å². The lowest BCUT2D eigenvalue weighted by Crippen LogP contribution is -2.14. The van der Waals surface area contributed by atoms with Crippen LogP contribution in [0.4, 0.5) is 5.69 Å². The van der Waals surface area contributed by atoms with Crippen LogP contribution < -0.4 is 14.8 Å². The first-order valence-electron chi connectivity index (χ1n) is 4.36. The summed E-state index contributed by atoms with van der Waals surface area (Å²) in [5.41, 5.74) is 0.523. The van der Waals surface area contributed by atoms with E-state index in [1.165, 1.54) is 0 Å². The van der Waals surface area contributed by atoms with Crippen LogP contribution in [0.1, 0.15) is 0 Å². The second kappa shape index (κ2) is 4.99. The van der Waals surface area contributed by atoms with E-state index in [0.717, 1.165) is 6.26 Å². The Kier molecular flexibility index (Phi) is 3.93. The van der Waals surface area contributed by atoms with Gasteiger partial charge in [-0.3, -0.25) is 10.0 Å². The van der Waals surface area contributed by atoms with E-state index >= 15 is 0 Å². The number of hydrogen-bond donors (Lipinski definition) is 2. The Bertz CT molecular complexity index is 400. The van der Waals surface area contributed by atoms with Gasteiger partial charge in [0.25, 0.3) is 0 Å². The third-order valence-electron chi connectivity index (χ3n) is 1.54. The number of nitrogens with one attached hydrogen (secondary N) is 2. The molecule has 15 heavy (non-hydrogen) atoms. The van der Waals surface area contributed by atoms with Crippen LogP contribution in [-0.4, -0.2) is 28.5 Å². The summed E-state index contributed by atoms with van der Waals surface area (Å²) in [5.74, 6) is 0.684. The maximum absolute atomic E-state index is 10.9. The smallest absolute Gasteiger partial charge is 0.229 e. The standard InChI is InChI=1S/C9H14N2O3S/c1-10-7-14-9-5-3-8(4-6-9)11-15(2,12)13/h3-6,10-11H,7H2,1-2H3. The van der Waals surface area contributed by atoms with E-state index in [9.17, 15) is 8.42 Å². The lowest BCUT2D eigenvalue weighted by Gasteiger charge is -2.06. The van der Waals surface area contributed by atoms with Crippen LogP contribution >= 0.6 is 0 Å². The van der Waals surface area contributed by atoms with Gasteiger partial charge in [0, 0.05) is 5.69 Å². The molecule has 0 spiro atoms. The molecule has 1 aromatic carbocycles. The van der Waals surface area contributed by atoms with Gasteiger partial charge in [0.15, 0.2) is 0 Å². The fraction of sp³-hybridized carbons (Fsp3) is 0.333. The van der Waals surface area contributed by atoms with Crippen LogP contribution in [0.2, 0.25) is 0 Å². The molecule has 0 bridgehead atoms. The Labute approximate surface area is 89.5 Å². The molecule has 5 nitrogen and oxygen atoms in total. The number of rotatable bonds is 5. The molecule has 0 aliphatic heterocycles. The first-order chi connectivity index (χ1) is 7.01. The highest BCUT2D eigenvalue weighted by molar-refractivity contribution is 7.92. The van der Waals surface area contributed by atoms with Gasteiger partial charge in [-0.15, -0.1) is 0 Å². The van der Waals surface area contributed by atoms with Crippen molar-refractivity contribution >= 4 is 15.7 Å². The number of hydrogen-bond acceptors (Lipinski definition) is 4. The van der Waals surface area contributed by atoms with E-state index in [1.807, 2.05) is 0 Å². The average Bonchev–Trinajstić information content (AvgIpc) is 2.14. The van der Waals surface area contributed by atoms with Gasteiger partial charge in [-0.05, 0) is 31.3 Å². The minimum atomic E-state index is -3.21. The lowest BCUT2D eigenvalue weighted by atomic mass is 10.3. The third kappa shape index (κ3) is 4.66. The number of sulfonamides is 1. The zero-order valence-corrected chi connectivity index (χ0v) is 9.47. The van der Waals surface area contributed by atoms with E-state index < -0.39 is 10.0 Å². The molecule has 0 radical (unpaired) electrons. The number of benzene rings is 1. The second-order valence-electron chi connectivity index (χ2n) is 3.04. The fourth-order valence-corrected chi connectivity index (χ4v) is 1.55. The van der Waals surface area contributed by atoms with Gasteiger partial charge in [0.05, 0.1) is 6.26 Å². The molecule has 0 aromatic heterocycles. The molecule has 2 N–H and O–H groups in total. The fourth-order valence-electron chi connectivity index (χ4n) is 0.989. The summed E-state index contributed by atoms with van der Waals surface area (Å²) in [5, 5.41) is 2.84. The van der Waals surface area contributed by atoms with Crippen molar-refractivity contribution in [1.82, 2.24) is 5.32 Å². The van der Waals surface area contributed by atoms with Crippen molar-refractivity contribution in [3.63, 3.8) is 0 Å². The van der Waals surface area contributed by atoms with Crippen molar-refractivity contribution in [2.24, 2.45) is 0 Å². The molecule has 6 heteroatoms. The molecule has 0 fully saturated rings. The molecule has 1 aromatic rings. The van der Waals surface area contributed by atoms with E-state index in [1.54, 1.807) is 31.3 Å². The summed E-state index contributed by atoms with van der Waals surface area (Å²) in [4.78, 5) is 0. The summed E-state index contributed by atoms with van der Waals surface area (Å²) in [6.07, 6.45) is 1.11. The van der Waals surface area contributed by atoms with E-state index in [0.29, 0.717) is 18.2 Å². The van der Waals surface area contributed by atoms with Crippen molar-refractivity contribution in [1.29, 1.82) is 0 Å². The predicted octanol–water partition coefficient (Wildman–Crippen LogP) is 0.614. The molecular weight excluding hydrogens is 216 g/mol.